The van der Waals surface area contributed by atoms with Crippen LogP contribution in [0.25, 0.3) is 0 Å². The molecule has 2 aromatic carbocycles. The van der Waals surface area contributed by atoms with Crippen molar-refractivity contribution < 1.29 is 14.3 Å². The molecule has 0 unspecified atom stereocenters. The van der Waals surface area contributed by atoms with Gasteiger partial charge in [-0.1, -0.05) is 99.4 Å². The fraction of sp³-hybridized carbons (Fsp3) is 0.481. The van der Waals surface area contributed by atoms with Crippen molar-refractivity contribution in [3.05, 3.63) is 71.3 Å². The number of rotatable bonds is 7. The fourth-order valence-electron chi connectivity index (χ4n) is 6.29. The SMILES string of the molecule is Cc1ccc(C[C@]2(N3C(=O)OC[C@@H]3c3ccccc3)CN(C([Si](C)(C)C)[Si](C)(C)C)C2=O)cc1. The number of carbonyl (C=O) groups is 2. The standard InChI is InChI=1S/C27H38N2O3Si2/c1-20-13-15-21(16-14-20)17-27(19-28(24(27)30)26(33(2,3)4)34(5,6)7)29-23(18-32-25(29)31)22-11-9-8-10-12-22/h8-16,23,26H,17-19H2,1-7H3/t23-,27+/m1/s1. The van der Waals surface area contributed by atoms with E-state index < -0.39 is 21.7 Å². The van der Waals surface area contributed by atoms with Crippen LogP contribution in [0.1, 0.15) is 22.7 Å². The number of amides is 2. The number of aryl methyl sites for hydroxylation is 1. The van der Waals surface area contributed by atoms with Gasteiger partial charge in [-0.3, -0.25) is 9.69 Å². The quantitative estimate of drug-likeness (QED) is 0.381. The van der Waals surface area contributed by atoms with Crippen molar-refractivity contribution >= 4 is 28.1 Å². The molecule has 2 aromatic rings. The first-order chi connectivity index (χ1) is 15.8. The van der Waals surface area contributed by atoms with Gasteiger partial charge in [0.15, 0.2) is 0 Å². The van der Waals surface area contributed by atoms with E-state index in [1.54, 1.807) is 4.90 Å². The third-order valence-corrected chi connectivity index (χ3v) is 16.3. The molecule has 2 amide bonds. The van der Waals surface area contributed by atoms with E-state index in [4.69, 9.17) is 4.74 Å². The molecule has 0 radical (unpaired) electrons. The Labute approximate surface area is 206 Å². The molecule has 182 valence electrons. The average Bonchev–Trinajstić information content (AvgIpc) is 3.14. The molecule has 34 heavy (non-hydrogen) atoms. The van der Waals surface area contributed by atoms with E-state index >= 15 is 0 Å². The molecule has 2 saturated heterocycles. The van der Waals surface area contributed by atoms with Crippen LogP contribution < -0.4 is 0 Å². The molecule has 0 saturated carbocycles. The lowest BCUT2D eigenvalue weighted by Crippen LogP contribution is -2.81. The number of carbonyl (C=O) groups excluding carboxylic acids is 2. The van der Waals surface area contributed by atoms with Crippen molar-refractivity contribution in [2.45, 2.75) is 69.5 Å². The van der Waals surface area contributed by atoms with Gasteiger partial charge < -0.3 is 9.64 Å². The van der Waals surface area contributed by atoms with Gasteiger partial charge in [-0.2, -0.15) is 0 Å². The fourth-order valence-corrected chi connectivity index (χ4v) is 19.0. The van der Waals surface area contributed by atoms with Gasteiger partial charge in [0.2, 0.25) is 0 Å². The highest BCUT2D eigenvalue weighted by atomic mass is 28.4. The number of hydrogen-bond acceptors (Lipinski definition) is 3. The molecule has 0 N–H and O–H groups in total. The lowest BCUT2D eigenvalue weighted by atomic mass is 9.79. The summed E-state index contributed by atoms with van der Waals surface area (Å²) < 4.78 is 5.58. The van der Waals surface area contributed by atoms with Gasteiger partial charge in [-0.15, -0.1) is 0 Å². The van der Waals surface area contributed by atoms with Gasteiger partial charge in [0.25, 0.3) is 5.91 Å². The summed E-state index contributed by atoms with van der Waals surface area (Å²) in [5.41, 5.74) is 2.35. The van der Waals surface area contributed by atoms with Crippen LogP contribution in [0.15, 0.2) is 54.6 Å². The highest BCUT2D eigenvalue weighted by Gasteiger charge is 2.64. The molecule has 2 atom stereocenters. The molecule has 2 aliphatic rings. The summed E-state index contributed by atoms with van der Waals surface area (Å²) in [6, 6.07) is 18.0. The van der Waals surface area contributed by atoms with E-state index in [1.807, 2.05) is 30.3 Å². The average molecular weight is 495 g/mol. The Kier molecular flexibility index (Phi) is 6.31. The number of benzene rings is 2. The van der Waals surface area contributed by atoms with E-state index in [1.165, 1.54) is 5.56 Å². The van der Waals surface area contributed by atoms with Gasteiger partial charge in [-0.05, 0) is 18.1 Å². The summed E-state index contributed by atoms with van der Waals surface area (Å²) in [6.45, 7) is 17.1. The van der Waals surface area contributed by atoms with Crippen LogP contribution in [-0.4, -0.2) is 61.9 Å². The summed E-state index contributed by atoms with van der Waals surface area (Å²) in [7, 11) is -3.33. The number of β-lactam (4-membered cyclic amide) rings is 1. The largest absolute Gasteiger partial charge is 0.447 e. The van der Waals surface area contributed by atoms with Gasteiger partial charge in [0.1, 0.15) is 12.1 Å². The topological polar surface area (TPSA) is 49.9 Å². The maximum absolute atomic E-state index is 14.3. The maximum atomic E-state index is 14.3. The van der Waals surface area contributed by atoms with Gasteiger partial charge in [0.05, 0.1) is 28.7 Å². The first-order valence-electron chi connectivity index (χ1n) is 12.2. The maximum Gasteiger partial charge on any atom is 0.411 e. The lowest BCUT2D eigenvalue weighted by molar-refractivity contribution is -0.162. The molecule has 0 spiro atoms. The normalized spacial score (nSPS) is 23.4. The predicted molar refractivity (Wildman–Crippen MR) is 142 cm³/mol. The van der Waals surface area contributed by atoms with E-state index in [0.29, 0.717) is 18.3 Å². The molecular weight excluding hydrogens is 456 g/mol. The first-order valence-corrected chi connectivity index (χ1v) is 19.4. The molecule has 0 bridgehead atoms. The molecule has 4 rings (SSSR count). The van der Waals surface area contributed by atoms with Crippen LogP contribution >= 0.6 is 0 Å². The second-order valence-electron chi connectivity index (χ2n) is 12.1. The van der Waals surface area contributed by atoms with Crippen LogP contribution in [0, 0.1) is 6.92 Å². The molecule has 2 heterocycles. The predicted octanol–water partition coefficient (Wildman–Crippen LogP) is 5.44. The summed E-state index contributed by atoms with van der Waals surface area (Å²) >= 11 is 0. The monoisotopic (exact) mass is 494 g/mol. The van der Waals surface area contributed by atoms with Crippen LogP contribution in [-0.2, 0) is 16.0 Å². The van der Waals surface area contributed by atoms with E-state index in [-0.39, 0.29) is 24.6 Å². The second-order valence-corrected chi connectivity index (χ2v) is 23.3. The molecule has 5 nitrogen and oxygen atoms in total. The summed E-state index contributed by atoms with van der Waals surface area (Å²) in [5.74, 6) is 0.0858. The van der Waals surface area contributed by atoms with Gasteiger partial charge in [-0.25, -0.2) is 4.79 Å². The lowest BCUT2D eigenvalue weighted by Gasteiger charge is -2.60. The Morgan fingerprint density at radius 1 is 0.941 bits per heavy atom. The number of ether oxygens (including phenoxy) is 1. The molecule has 0 aromatic heterocycles. The third kappa shape index (κ3) is 4.36. The van der Waals surface area contributed by atoms with Crippen molar-refractivity contribution in [2.75, 3.05) is 13.2 Å². The van der Waals surface area contributed by atoms with Crippen LogP contribution in [0.4, 0.5) is 4.79 Å². The molecule has 7 heteroatoms. The zero-order valence-corrected chi connectivity index (χ0v) is 23.6. The van der Waals surface area contributed by atoms with Crippen molar-refractivity contribution in [3.8, 4) is 0 Å². The number of hydrogen-bond donors (Lipinski definition) is 0. The third-order valence-electron chi connectivity index (χ3n) is 7.18. The van der Waals surface area contributed by atoms with Crippen LogP contribution in [0.3, 0.4) is 0 Å². The molecule has 0 aliphatic carbocycles. The zero-order chi connectivity index (χ0) is 24.9. The summed E-state index contributed by atoms with van der Waals surface area (Å²) in [5, 5.41) is 0.312. The Bertz CT molecular complexity index is 1050. The molecule has 2 aliphatic heterocycles. The Balaban J connectivity index is 1.77. The molecule has 2 fully saturated rings. The van der Waals surface area contributed by atoms with Gasteiger partial charge in [0, 0.05) is 11.7 Å². The van der Waals surface area contributed by atoms with E-state index in [2.05, 4.69) is 75.4 Å². The van der Waals surface area contributed by atoms with Crippen LogP contribution in [0.2, 0.25) is 39.3 Å². The van der Waals surface area contributed by atoms with Crippen LogP contribution in [0.5, 0.6) is 0 Å². The van der Waals surface area contributed by atoms with Gasteiger partial charge >= 0.3 is 6.09 Å². The minimum absolute atomic E-state index is 0.0858. The van der Waals surface area contributed by atoms with Crippen molar-refractivity contribution in [3.63, 3.8) is 0 Å². The Morgan fingerprint density at radius 2 is 1.53 bits per heavy atom. The van der Waals surface area contributed by atoms with Crippen molar-refractivity contribution in [2.24, 2.45) is 0 Å². The Morgan fingerprint density at radius 3 is 2.06 bits per heavy atom. The molecular formula is C27H38N2O3Si2. The number of cyclic esters (lactones) is 1. The number of likely N-dealkylation sites (tertiary alicyclic amines) is 1. The van der Waals surface area contributed by atoms with Crippen molar-refractivity contribution in [1.82, 2.24) is 9.80 Å². The number of nitrogens with zero attached hydrogens (tertiary/aromatic N) is 2. The highest BCUT2D eigenvalue weighted by Crippen LogP contribution is 2.45. The van der Waals surface area contributed by atoms with Crippen molar-refractivity contribution in [1.29, 1.82) is 0 Å². The minimum atomic E-state index is -1.66. The second kappa shape index (κ2) is 8.68. The zero-order valence-electron chi connectivity index (χ0n) is 21.6. The van der Waals surface area contributed by atoms with E-state index in [9.17, 15) is 9.59 Å². The minimum Gasteiger partial charge on any atom is -0.447 e. The summed E-state index contributed by atoms with van der Waals surface area (Å²) in [4.78, 5) is 31.4. The highest BCUT2D eigenvalue weighted by molar-refractivity contribution is 6.96. The first kappa shape index (κ1) is 24.7. The smallest absolute Gasteiger partial charge is 0.411 e. The Hall–Kier alpha value is -2.39. The summed E-state index contributed by atoms with van der Waals surface area (Å²) in [6.07, 6.45) is 0.122. The van der Waals surface area contributed by atoms with E-state index in [0.717, 1.165) is 11.1 Å².